The molecule has 0 amide bonds. The summed E-state index contributed by atoms with van der Waals surface area (Å²) in [6.07, 6.45) is 0.809. The molecule has 0 bridgehead atoms. The SMILES string of the molecule is c1ccc(-c2cccc3c2oc2ccccc23)c(Cc2ccccc2-n2c3ccccc3c3ccccc32)c1. The van der Waals surface area contributed by atoms with E-state index in [1.165, 1.54) is 44.2 Å². The van der Waals surface area contributed by atoms with Crippen LogP contribution < -0.4 is 0 Å². The van der Waals surface area contributed by atoms with Gasteiger partial charge < -0.3 is 8.98 Å². The Hall–Kier alpha value is -5.08. The van der Waals surface area contributed by atoms with Crippen LogP contribution in [0.15, 0.2) is 144 Å². The van der Waals surface area contributed by atoms with Crippen LogP contribution in [0, 0.1) is 0 Å². The normalized spacial score (nSPS) is 11.7. The van der Waals surface area contributed by atoms with Crippen molar-refractivity contribution in [3.63, 3.8) is 0 Å². The summed E-state index contributed by atoms with van der Waals surface area (Å²) in [6, 6.07) is 49.7. The van der Waals surface area contributed by atoms with Gasteiger partial charge in [0, 0.05) is 39.2 Å². The molecule has 2 heterocycles. The van der Waals surface area contributed by atoms with Crippen molar-refractivity contribution in [2.45, 2.75) is 6.42 Å². The zero-order valence-corrected chi connectivity index (χ0v) is 21.3. The minimum Gasteiger partial charge on any atom is -0.455 e. The summed E-state index contributed by atoms with van der Waals surface area (Å²) in [7, 11) is 0. The highest BCUT2D eigenvalue weighted by Crippen LogP contribution is 2.38. The van der Waals surface area contributed by atoms with Crippen LogP contribution in [0.4, 0.5) is 0 Å². The minimum atomic E-state index is 0.809. The van der Waals surface area contributed by atoms with E-state index in [9.17, 15) is 0 Å². The van der Waals surface area contributed by atoms with Crippen LogP contribution in [-0.4, -0.2) is 4.57 Å². The topological polar surface area (TPSA) is 18.1 Å². The lowest BCUT2D eigenvalue weighted by molar-refractivity contribution is 0.670. The van der Waals surface area contributed by atoms with Crippen molar-refractivity contribution in [1.82, 2.24) is 4.57 Å². The fourth-order valence-electron chi connectivity index (χ4n) is 6.16. The van der Waals surface area contributed by atoms with Gasteiger partial charge in [0.05, 0.1) is 11.0 Å². The van der Waals surface area contributed by atoms with Crippen molar-refractivity contribution in [2.75, 3.05) is 0 Å². The van der Waals surface area contributed by atoms with Gasteiger partial charge in [0.1, 0.15) is 11.2 Å². The lowest BCUT2D eigenvalue weighted by Gasteiger charge is -2.16. The largest absolute Gasteiger partial charge is 0.455 e. The van der Waals surface area contributed by atoms with Crippen LogP contribution in [-0.2, 0) is 6.42 Å². The number of para-hydroxylation sites is 5. The molecule has 39 heavy (non-hydrogen) atoms. The number of furan rings is 1. The van der Waals surface area contributed by atoms with Gasteiger partial charge in [-0.05, 0) is 41.0 Å². The molecule has 8 rings (SSSR count). The Balaban J connectivity index is 1.31. The average Bonchev–Trinajstić information content (AvgIpc) is 3.54. The fourth-order valence-corrected chi connectivity index (χ4v) is 6.16. The molecular formula is C37H25NO. The van der Waals surface area contributed by atoms with Crippen molar-refractivity contribution in [2.24, 2.45) is 0 Å². The summed E-state index contributed by atoms with van der Waals surface area (Å²) in [5, 5.41) is 4.87. The number of benzene rings is 6. The molecular weight excluding hydrogens is 474 g/mol. The van der Waals surface area contributed by atoms with E-state index in [1.54, 1.807) is 0 Å². The molecule has 2 aromatic heterocycles. The van der Waals surface area contributed by atoms with E-state index in [4.69, 9.17) is 4.42 Å². The lowest BCUT2D eigenvalue weighted by Crippen LogP contribution is -2.01. The molecule has 0 fully saturated rings. The van der Waals surface area contributed by atoms with Gasteiger partial charge in [-0.25, -0.2) is 0 Å². The van der Waals surface area contributed by atoms with Crippen molar-refractivity contribution in [3.8, 4) is 16.8 Å². The molecule has 2 nitrogen and oxygen atoms in total. The van der Waals surface area contributed by atoms with E-state index in [2.05, 4.69) is 132 Å². The van der Waals surface area contributed by atoms with Crippen LogP contribution >= 0.6 is 0 Å². The summed E-state index contributed by atoms with van der Waals surface area (Å²) < 4.78 is 8.84. The van der Waals surface area contributed by atoms with Crippen molar-refractivity contribution in [3.05, 3.63) is 151 Å². The lowest BCUT2D eigenvalue weighted by atomic mass is 9.93. The third-order valence-electron chi connectivity index (χ3n) is 7.91. The van der Waals surface area contributed by atoms with E-state index < -0.39 is 0 Å². The van der Waals surface area contributed by atoms with Crippen LogP contribution in [0.1, 0.15) is 11.1 Å². The maximum atomic E-state index is 6.42. The van der Waals surface area contributed by atoms with Gasteiger partial charge >= 0.3 is 0 Å². The summed E-state index contributed by atoms with van der Waals surface area (Å²) >= 11 is 0. The molecule has 0 saturated carbocycles. The van der Waals surface area contributed by atoms with Crippen molar-refractivity contribution >= 4 is 43.7 Å². The number of hydrogen-bond acceptors (Lipinski definition) is 1. The summed E-state index contributed by atoms with van der Waals surface area (Å²) in [4.78, 5) is 0. The molecule has 0 aliphatic carbocycles. The second-order valence-electron chi connectivity index (χ2n) is 10.1. The van der Waals surface area contributed by atoms with Gasteiger partial charge in [-0.15, -0.1) is 0 Å². The van der Waals surface area contributed by atoms with Gasteiger partial charge in [-0.3, -0.25) is 0 Å². The quantitative estimate of drug-likeness (QED) is 0.236. The smallest absolute Gasteiger partial charge is 0.143 e. The van der Waals surface area contributed by atoms with E-state index in [0.717, 1.165) is 33.9 Å². The zero-order chi connectivity index (χ0) is 25.8. The maximum Gasteiger partial charge on any atom is 0.143 e. The first-order valence-electron chi connectivity index (χ1n) is 13.4. The van der Waals surface area contributed by atoms with Crippen molar-refractivity contribution in [1.29, 1.82) is 0 Å². The predicted octanol–water partition coefficient (Wildman–Crippen LogP) is 9.94. The first kappa shape index (κ1) is 22.0. The number of aromatic nitrogens is 1. The molecule has 0 N–H and O–H groups in total. The number of rotatable bonds is 4. The monoisotopic (exact) mass is 499 g/mol. The molecule has 184 valence electrons. The van der Waals surface area contributed by atoms with Gasteiger partial charge in [0.2, 0.25) is 0 Å². The highest BCUT2D eigenvalue weighted by atomic mass is 16.3. The van der Waals surface area contributed by atoms with Gasteiger partial charge in [-0.1, -0.05) is 115 Å². The van der Waals surface area contributed by atoms with Gasteiger partial charge in [0.15, 0.2) is 0 Å². The molecule has 6 aromatic carbocycles. The molecule has 0 spiro atoms. The third-order valence-corrected chi connectivity index (χ3v) is 7.91. The van der Waals surface area contributed by atoms with Crippen LogP contribution in [0.3, 0.4) is 0 Å². The Morgan fingerprint density at radius 3 is 1.79 bits per heavy atom. The molecule has 0 atom stereocenters. The van der Waals surface area contributed by atoms with E-state index in [0.29, 0.717) is 0 Å². The minimum absolute atomic E-state index is 0.809. The Bertz CT molecular complexity index is 2110. The van der Waals surface area contributed by atoms with E-state index in [-0.39, 0.29) is 0 Å². The first-order valence-corrected chi connectivity index (χ1v) is 13.4. The van der Waals surface area contributed by atoms with Crippen LogP contribution in [0.2, 0.25) is 0 Å². The standard InChI is InChI=1S/C37H25NO/c1-3-14-27(31-18-11-19-32-30-17-6-10-23-36(30)39-37(31)32)25(12-1)24-26-13-2-7-20-33(26)38-34-21-8-4-15-28(34)29-16-5-9-22-35(29)38/h1-23H,24H2. The van der Waals surface area contributed by atoms with Crippen LogP contribution in [0.5, 0.6) is 0 Å². The van der Waals surface area contributed by atoms with Gasteiger partial charge in [0.25, 0.3) is 0 Å². The van der Waals surface area contributed by atoms with Crippen LogP contribution in [0.25, 0.3) is 60.6 Å². The Morgan fingerprint density at radius 2 is 1.00 bits per heavy atom. The first-order chi connectivity index (χ1) is 19.4. The molecule has 0 aliphatic heterocycles. The fraction of sp³-hybridized carbons (Fsp3) is 0.0270. The number of hydrogen-bond donors (Lipinski definition) is 0. The zero-order valence-electron chi connectivity index (χ0n) is 21.3. The Labute approximate surface area is 226 Å². The van der Waals surface area contributed by atoms with E-state index in [1.807, 2.05) is 12.1 Å². The molecule has 0 radical (unpaired) electrons. The summed E-state index contributed by atoms with van der Waals surface area (Å²) in [5.74, 6) is 0. The summed E-state index contributed by atoms with van der Waals surface area (Å²) in [6.45, 7) is 0. The number of fused-ring (bicyclic) bond motifs is 6. The Morgan fingerprint density at radius 1 is 0.436 bits per heavy atom. The molecule has 0 unspecified atom stereocenters. The Kier molecular flexibility index (Phi) is 4.92. The van der Waals surface area contributed by atoms with Crippen molar-refractivity contribution < 1.29 is 4.42 Å². The van der Waals surface area contributed by atoms with E-state index >= 15 is 0 Å². The molecule has 0 saturated heterocycles. The molecule has 2 heteroatoms. The maximum absolute atomic E-state index is 6.42. The number of nitrogens with zero attached hydrogens (tertiary/aromatic N) is 1. The van der Waals surface area contributed by atoms with Gasteiger partial charge in [-0.2, -0.15) is 0 Å². The summed E-state index contributed by atoms with van der Waals surface area (Å²) in [5.41, 5.74) is 10.4. The highest BCUT2D eigenvalue weighted by Gasteiger charge is 2.17. The second-order valence-corrected chi connectivity index (χ2v) is 10.1. The highest BCUT2D eigenvalue weighted by molar-refractivity contribution is 6.10. The predicted molar refractivity (Wildman–Crippen MR) is 163 cm³/mol. The second kappa shape index (κ2) is 8.75. The third kappa shape index (κ3) is 3.42. The molecule has 0 aliphatic rings. The average molecular weight is 500 g/mol. The molecule has 8 aromatic rings.